The summed E-state index contributed by atoms with van der Waals surface area (Å²) in [5.74, 6) is 0.814. The Labute approximate surface area is 203 Å². The van der Waals surface area contributed by atoms with Crippen LogP contribution >= 0.6 is 11.8 Å². The van der Waals surface area contributed by atoms with Crippen molar-refractivity contribution in [3.63, 3.8) is 0 Å². The predicted octanol–water partition coefficient (Wildman–Crippen LogP) is 5.91. The molecule has 2 aliphatic rings. The first kappa shape index (κ1) is 25.8. The quantitative estimate of drug-likeness (QED) is 0.441. The third kappa shape index (κ3) is 6.84. The lowest BCUT2D eigenvalue weighted by atomic mass is 9.87. The number of amides is 2. The summed E-state index contributed by atoms with van der Waals surface area (Å²) in [6.45, 7) is 7.98. The Hall–Kier alpha value is -1.82. The average Bonchev–Trinajstić information content (AvgIpc) is 2.85. The molecule has 0 atom stereocenters. The van der Waals surface area contributed by atoms with Crippen molar-refractivity contribution in [2.45, 2.75) is 83.5 Å². The number of thioether (sulfide) groups is 1. The second-order valence-corrected chi connectivity index (χ2v) is 10.7. The van der Waals surface area contributed by atoms with E-state index >= 15 is 0 Å². The first-order valence-electron chi connectivity index (χ1n) is 12.8. The minimum absolute atomic E-state index is 0.0415. The number of hydrogen-bond acceptors (Lipinski definition) is 4. The second-order valence-electron chi connectivity index (χ2n) is 9.64. The van der Waals surface area contributed by atoms with E-state index in [9.17, 15) is 14.4 Å². The summed E-state index contributed by atoms with van der Waals surface area (Å²) < 4.78 is 0. The highest BCUT2D eigenvalue weighted by Gasteiger charge is 2.31. The molecule has 0 radical (unpaired) electrons. The molecule has 1 aromatic rings. The van der Waals surface area contributed by atoms with Gasteiger partial charge in [-0.05, 0) is 55.5 Å². The standard InChI is InChI=1S/C27H40N2O3S/c1-4-21(5-2)19-29(26(31)22-11-7-6-8-12-22)24-13-9-10-14-25(24)33-27(32)23-15-17-28(18-16-23)20(3)30/h9-10,13-14,21-23H,4-8,11-12,15-19H2,1-3H3. The zero-order valence-corrected chi connectivity index (χ0v) is 21.4. The molecule has 1 aliphatic heterocycles. The number of carbonyl (C=O) groups excluding carboxylic acids is 3. The lowest BCUT2D eigenvalue weighted by molar-refractivity contribution is -0.131. The maximum absolute atomic E-state index is 13.7. The van der Waals surface area contributed by atoms with Crippen LogP contribution in [0.15, 0.2) is 29.2 Å². The molecule has 0 spiro atoms. The molecular formula is C27H40N2O3S. The molecule has 182 valence electrons. The van der Waals surface area contributed by atoms with Crippen LogP contribution in [0.3, 0.4) is 0 Å². The fourth-order valence-electron chi connectivity index (χ4n) is 5.07. The van der Waals surface area contributed by atoms with E-state index in [2.05, 4.69) is 13.8 Å². The minimum Gasteiger partial charge on any atom is -0.343 e. The molecule has 1 saturated carbocycles. The molecule has 2 amide bonds. The summed E-state index contributed by atoms with van der Waals surface area (Å²) in [7, 11) is 0. The zero-order chi connectivity index (χ0) is 23.8. The first-order valence-corrected chi connectivity index (χ1v) is 13.6. The van der Waals surface area contributed by atoms with Crippen LogP contribution < -0.4 is 4.90 Å². The highest BCUT2D eigenvalue weighted by atomic mass is 32.2. The fourth-order valence-corrected chi connectivity index (χ4v) is 6.12. The molecule has 3 rings (SSSR count). The van der Waals surface area contributed by atoms with Crippen molar-refractivity contribution < 1.29 is 14.4 Å². The van der Waals surface area contributed by atoms with E-state index in [0.717, 1.165) is 49.1 Å². The summed E-state index contributed by atoms with van der Waals surface area (Å²) in [4.78, 5) is 43.2. The fraction of sp³-hybridized carbons (Fsp3) is 0.667. The van der Waals surface area contributed by atoms with E-state index in [-0.39, 0.29) is 28.8 Å². The number of para-hydroxylation sites is 1. The highest BCUT2D eigenvalue weighted by Crippen LogP contribution is 2.37. The Morgan fingerprint density at radius 2 is 1.61 bits per heavy atom. The molecule has 1 aromatic carbocycles. The highest BCUT2D eigenvalue weighted by molar-refractivity contribution is 8.13. The van der Waals surface area contributed by atoms with Gasteiger partial charge in [-0.15, -0.1) is 0 Å². The summed E-state index contributed by atoms with van der Waals surface area (Å²) in [5, 5.41) is 0.151. The van der Waals surface area contributed by atoms with E-state index in [1.165, 1.54) is 18.2 Å². The zero-order valence-electron chi connectivity index (χ0n) is 20.6. The Morgan fingerprint density at radius 1 is 0.970 bits per heavy atom. The van der Waals surface area contributed by atoms with Gasteiger partial charge < -0.3 is 9.80 Å². The largest absolute Gasteiger partial charge is 0.343 e. The minimum atomic E-state index is -0.0415. The molecule has 6 heteroatoms. The number of hydrogen-bond donors (Lipinski definition) is 0. The first-order chi connectivity index (χ1) is 15.9. The summed E-state index contributed by atoms with van der Waals surface area (Å²) >= 11 is 1.28. The SMILES string of the molecule is CCC(CC)CN(C(=O)C1CCCCC1)c1ccccc1SC(=O)C1CCN(C(C)=O)CC1. The van der Waals surface area contributed by atoms with E-state index in [1.54, 1.807) is 6.92 Å². The third-order valence-electron chi connectivity index (χ3n) is 7.46. The van der Waals surface area contributed by atoms with Gasteiger partial charge >= 0.3 is 0 Å². The van der Waals surface area contributed by atoms with E-state index < -0.39 is 0 Å². The van der Waals surface area contributed by atoms with Crippen LogP contribution in [0.5, 0.6) is 0 Å². The number of carbonyl (C=O) groups is 3. The van der Waals surface area contributed by atoms with E-state index in [0.29, 0.717) is 38.4 Å². The number of rotatable bonds is 8. The predicted molar refractivity (Wildman–Crippen MR) is 135 cm³/mol. The number of nitrogens with zero attached hydrogens (tertiary/aromatic N) is 2. The van der Waals surface area contributed by atoms with Gasteiger partial charge in [0.25, 0.3) is 0 Å². The van der Waals surface area contributed by atoms with Crippen molar-refractivity contribution in [3.8, 4) is 0 Å². The van der Waals surface area contributed by atoms with Crippen molar-refractivity contribution in [2.75, 3.05) is 24.5 Å². The molecule has 1 heterocycles. The smallest absolute Gasteiger partial charge is 0.230 e. The van der Waals surface area contributed by atoms with E-state index in [4.69, 9.17) is 0 Å². The van der Waals surface area contributed by atoms with Gasteiger partial charge in [0.1, 0.15) is 0 Å². The van der Waals surface area contributed by atoms with Crippen molar-refractivity contribution >= 4 is 34.4 Å². The van der Waals surface area contributed by atoms with Gasteiger partial charge in [0, 0.05) is 43.3 Å². The number of benzene rings is 1. The van der Waals surface area contributed by atoms with Crippen LogP contribution in [-0.2, 0) is 14.4 Å². The Morgan fingerprint density at radius 3 is 2.21 bits per heavy atom. The van der Waals surface area contributed by atoms with Gasteiger partial charge in [0.2, 0.25) is 11.8 Å². The summed E-state index contributed by atoms with van der Waals surface area (Å²) in [6, 6.07) is 7.93. The third-order valence-corrected chi connectivity index (χ3v) is 8.56. The Balaban J connectivity index is 1.79. The van der Waals surface area contributed by atoms with Crippen molar-refractivity contribution in [2.24, 2.45) is 17.8 Å². The number of likely N-dealkylation sites (tertiary alicyclic amines) is 1. The second kappa shape index (κ2) is 12.6. The van der Waals surface area contributed by atoms with Crippen LogP contribution in [0.25, 0.3) is 0 Å². The lowest BCUT2D eigenvalue weighted by Crippen LogP contribution is -2.40. The maximum atomic E-state index is 13.7. The van der Waals surface area contributed by atoms with Crippen molar-refractivity contribution in [3.05, 3.63) is 24.3 Å². The van der Waals surface area contributed by atoms with Crippen LogP contribution in [0.4, 0.5) is 5.69 Å². The molecule has 0 N–H and O–H groups in total. The molecule has 0 bridgehead atoms. The molecule has 1 saturated heterocycles. The Bertz CT molecular complexity index is 809. The molecule has 2 fully saturated rings. The van der Waals surface area contributed by atoms with Gasteiger partial charge in [-0.2, -0.15) is 0 Å². The van der Waals surface area contributed by atoms with Gasteiger partial charge in [-0.1, -0.05) is 58.1 Å². The van der Waals surface area contributed by atoms with Gasteiger partial charge in [0.05, 0.1) is 5.69 Å². The normalized spacial score (nSPS) is 17.9. The van der Waals surface area contributed by atoms with Crippen molar-refractivity contribution in [1.29, 1.82) is 0 Å². The molecule has 5 nitrogen and oxygen atoms in total. The molecule has 33 heavy (non-hydrogen) atoms. The monoisotopic (exact) mass is 472 g/mol. The maximum Gasteiger partial charge on any atom is 0.230 e. The number of piperidine rings is 1. The van der Waals surface area contributed by atoms with Crippen LogP contribution in [0.2, 0.25) is 0 Å². The van der Waals surface area contributed by atoms with Crippen LogP contribution in [-0.4, -0.2) is 41.5 Å². The van der Waals surface area contributed by atoms with Gasteiger partial charge in [0.15, 0.2) is 5.12 Å². The topological polar surface area (TPSA) is 57.7 Å². The van der Waals surface area contributed by atoms with Gasteiger partial charge in [-0.3, -0.25) is 14.4 Å². The lowest BCUT2D eigenvalue weighted by Gasteiger charge is -2.33. The summed E-state index contributed by atoms with van der Waals surface area (Å²) in [5.41, 5.74) is 0.888. The van der Waals surface area contributed by atoms with Crippen molar-refractivity contribution in [1.82, 2.24) is 4.90 Å². The van der Waals surface area contributed by atoms with Gasteiger partial charge in [-0.25, -0.2) is 0 Å². The molecule has 1 aliphatic carbocycles. The van der Waals surface area contributed by atoms with Crippen LogP contribution in [0, 0.1) is 17.8 Å². The molecule has 0 unspecified atom stereocenters. The average molecular weight is 473 g/mol. The molecular weight excluding hydrogens is 432 g/mol. The summed E-state index contributed by atoms with van der Waals surface area (Å²) in [6.07, 6.45) is 8.92. The van der Waals surface area contributed by atoms with Crippen LogP contribution in [0.1, 0.15) is 78.6 Å². The van der Waals surface area contributed by atoms with E-state index in [1.807, 2.05) is 34.1 Å². The molecule has 0 aromatic heterocycles. The number of anilines is 1. The Kier molecular flexibility index (Phi) is 9.84.